The lowest BCUT2D eigenvalue weighted by Crippen LogP contribution is -2.53. The predicted octanol–water partition coefficient (Wildman–Crippen LogP) is 0.376. The highest BCUT2D eigenvalue weighted by atomic mass is 32.2. The maximum Gasteiger partial charge on any atom is 0.319 e. The van der Waals surface area contributed by atoms with Gasteiger partial charge < -0.3 is 15.5 Å². The van der Waals surface area contributed by atoms with Crippen LogP contribution in [-0.2, 0) is 14.8 Å². The highest BCUT2D eigenvalue weighted by Crippen LogP contribution is 2.13. The number of rotatable bonds is 5. The van der Waals surface area contributed by atoms with Gasteiger partial charge in [-0.15, -0.1) is 0 Å². The van der Waals surface area contributed by atoms with E-state index in [-0.39, 0.29) is 18.0 Å². The molecule has 0 aliphatic carbocycles. The van der Waals surface area contributed by atoms with Gasteiger partial charge in [0, 0.05) is 51.0 Å². The molecule has 0 radical (unpaired) electrons. The zero-order valence-electron chi connectivity index (χ0n) is 16.7. The first-order chi connectivity index (χ1) is 13.8. The number of hydrogen-bond acceptors (Lipinski definition) is 5. The van der Waals surface area contributed by atoms with Gasteiger partial charge in [-0.05, 0) is 25.0 Å². The summed E-state index contributed by atoms with van der Waals surface area (Å²) in [5, 5.41) is 5.81. The number of para-hydroxylation sites is 1. The van der Waals surface area contributed by atoms with E-state index in [0.29, 0.717) is 32.7 Å². The molecule has 0 saturated carbocycles. The second-order valence-electron chi connectivity index (χ2n) is 7.56. The monoisotopic (exact) mass is 423 g/mol. The van der Waals surface area contributed by atoms with Crippen LogP contribution in [0.5, 0.6) is 0 Å². The minimum Gasteiger partial charge on any atom is -0.339 e. The Balaban J connectivity index is 1.36. The van der Waals surface area contributed by atoms with Gasteiger partial charge in [0.15, 0.2) is 0 Å². The Bertz CT molecular complexity index is 801. The SMILES string of the molecule is CS(=O)(=O)N1CCN(C(=O)CN2CCC(NC(=O)Nc3ccccc3)CC2)CC1. The molecule has 10 heteroatoms. The van der Waals surface area contributed by atoms with Crippen molar-refractivity contribution in [2.24, 2.45) is 0 Å². The van der Waals surface area contributed by atoms with Gasteiger partial charge in [-0.25, -0.2) is 13.2 Å². The third-order valence-electron chi connectivity index (χ3n) is 5.37. The van der Waals surface area contributed by atoms with Crippen molar-refractivity contribution in [3.8, 4) is 0 Å². The molecule has 0 aromatic heterocycles. The molecule has 1 aromatic rings. The smallest absolute Gasteiger partial charge is 0.319 e. The number of piperidine rings is 1. The number of carbonyl (C=O) groups is 2. The molecule has 0 spiro atoms. The van der Waals surface area contributed by atoms with Gasteiger partial charge in [-0.2, -0.15) is 4.31 Å². The fourth-order valence-corrected chi connectivity index (χ4v) is 4.50. The van der Waals surface area contributed by atoms with Gasteiger partial charge in [-0.1, -0.05) is 18.2 Å². The highest BCUT2D eigenvalue weighted by molar-refractivity contribution is 7.88. The number of amides is 3. The van der Waals surface area contributed by atoms with Crippen LogP contribution in [0, 0.1) is 0 Å². The number of nitrogens with zero attached hydrogens (tertiary/aromatic N) is 3. The van der Waals surface area contributed by atoms with Crippen LogP contribution in [0.15, 0.2) is 30.3 Å². The summed E-state index contributed by atoms with van der Waals surface area (Å²) in [6.45, 7) is 3.39. The lowest BCUT2D eigenvalue weighted by molar-refractivity contribution is -0.133. The van der Waals surface area contributed by atoms with Gasteiger partial charge in [-0.3, -0.25) is 9.69 Å². The van der Waals surface area contributed by atoms with Gasteiger partial charge >= 0.3 is 6.03 Å². The van der Waals surface area contributed by atoms with E-state index >= 15 is 0 Å². The summed E-state index contributed by atoms with van der Waals surface area (Å²) in [4.78, 5) is 28.5. The second-order valence-corrected chi connectivity index (χ2v) is 9.54. The minimum atomic E-state index is -3.19. The summed E-state index contributed by atoms with van der Waals surface area (Å²) >= 11 is 0. The second kappa shape index (κ2) is 9.55. The topological polar surface area (TPSA) is 102 Å². The summed E-state index contributed by atoms with van der Waals surface area (Å²) in [6, 6.07) is 9.18. The molecule has 2 aliphatic heterocycles. The van der Waals surface area contributed by atoms with Crippen LogP contribution in [0.25, 0.3) is 0 Å². The molecule has 2 saturated heterocycles. The number of hydrogen-bond donors (Lipinski definition) is 2. The van der Waals surface area contributed by atoms with Crippen LogP contribution in [0.3, 0.4) is 0 Å². The summed E-state index contributed by atoms with van der Waals surface area (Å²) in [5.74, 6) is 0.0337. The van der Waals surface area contributed by atoms with E-state index < -0.39 is 10.0 Å². The summed E-state index contributed by atoms with van der Waals surface area (Å²) < 4.78 is 24.5. The molecule has 2 N–H and O–H groups in total. The average Bonchev–Trinajstić information content (AvgIpc) is 2.69. The van der Waals surface area contributed by atoms with Crippen LogP contribution in [0.2, 0.25) is 0 Å². The van der Waals surface area contributed by atoms with Crippen molar-refractivity contribution in [3.05, 3.63) is 30.3 Å². The maximum atomic E-state index is 12.5. The van der Waals surface area contributed by atoms with Gasteiger partial charge in [0.25, 0.3) is 0 Å². The van der Waals surface area contributed by atoms with E-state index in [1.807, 2.05) is 30.3 Å². The third kappa shape index (κ3) is 6.41. The molecule has 3 rings (SSSR count). The molecule has 160 valence electrons. The van der Waals surface area contributed by atoms with E-state index in [9.17, 15) is 18.0 Å². The molecule has 2 heterocycles. The molecule has 1 aromatic carbocycles. The molecule has 29 heavy (non-hydrogen) atoms. The molecule has 9 nitrogen and oxygen atoms in total. The standard InChI is InChI=1S/C19H29N5O4S/c1-29(27,28)24-13-11-23(12-14-24)18(25)15-22-9-7-17(8-10-22)21-19(26)20-16-5-3-2-4-6-16/h2-6,17H,7-15H2,1H3,(H2,20,21,26). The fraction of sp³-hybridized carbons (Fsp3) is 0.579. The van der Waals surface area contributed by atoms with Gasteiger partial charge in [0.1, 0.15) is 0 Å². The van der Waals surface area contributed by atoms with Crippen molar-refractivity contribution in [2.45, 2.75) is 18.9 Å². The molecule has 0 atom stereocenters. The Morgan fingerprint density at radius 2 is 1.62 bits per heavy atom. The lowest BCUT2D eigenvalue weighted by Gasteiger charge is -2.36. The number of benzene rings is 1. The Kier molecular flexibility index (Phi) is 7.09. The van der Waals surface area contributed by atoms with Crippen LogP contribution < -0.4 is 10.6 Å². The van der Waals surface area contributed by atoms with E-state index in [4.69, 9.17) is 0 Å². The summed E-state index contributed by atoms with van der Waals surface area (Å²) in [6.07, 6.45) is 2.78. The fourth-order valence-electron chi connectivity index (χ4n) is 3.67. The van der Waals surface area contributed by atoms with Crippen LogP contribution in [0.4, 0.5) is 10.5 Å². The van der Waals surface area contributed by atoms with E-state index in [1.165, 1.54) is 10.6 Å². The van der Waals surface area contributed by atoms with E-state index in [2.05, 4.69) is 15.5 Å². The Morgan fingerprint density at radius 3 is 2.21 bits per heavy atom. The van der Waals surface area contributed by atoms with Crippen LogP contribution >= 0.6 is 0 Å². The summed E-state index contributed by atoms with van der Waals surface area (Å²) in [5.41, 5.74) is 0.754. The molecule has 0 unspecified atom stereocenters. The number of urea groups is 1. The Labute approximate surface area is 172 Å². The number of carbonyl (C=O) groups excluding carboxylic acids is 2. The van der Waals surface area contributed by atoms with Gasteiger partial charge in [0.05, 0.1) is 12.8 Å². The molecule has 3 amide bonds. The molecular formula is C19H29N5O4S. The largest absolute Gasteiger partial charge is 0.339 e. The highest BCUT2D eigenvalue weighted by Gasteiger charge is 2.28. The third-order valence-corrected chi connectivity index (χ3v) is 6.68. The first-order valence-corrected chi connectivity index (χ1v) is 11.7. The first-order valence-electron chi connectivity index (χ1n) is 9.89. The number of likely N-dealkylation sites (tertiary alicyclic amines) is 1. The quantitative estimate of drug-likeness (QED) is 0.713. The first kappa shape index (κ1) is 21.5. The van der Waals surface area contributed by atoms with Crippen LogP contribution in [-0.4, -0.2) is 92.6 Å². The molecule has 2 aliphatic rings. The predicted molar refractivity (Wildman–Crippen MR) is 111 cm³/mol. The Hall–Kier alpha value is -2.17. The zero-order chi connectivity index (χ0) is 20.9. The number of sulfonamides is 1. The van der Waals surface area contributed by atoms with Crippen molar-refractivity contribution in [1.82, 2.24) is 19.4 Å². The van der Waals surface area contributed by atoms with Crippen molar-refractivity contribution in [2.75, 3.05) is 57.4 Å². The number of nitrogens with one attached hydrogen (secondary N) is 2. The normalized spacial score (nSPS) is 19.7. The number of anilines is 1. The van der Waals surface area contributed by atoms with E-state index in [1.54, 1.807) is 4.90 Å². The maximum absolute atomic E-state index is 12.5. The molecule has 0 bridgehead atoms. The van der Waals surface area contributed by atoms with Crippen molar-refractivity contribution >= 4 is 27.6 Å². The molecule has 2 fully saturated rings. The molecular weight excluding hydrogens is 394 g/mol. The van der Waals surface area contributed by atoms with E-state index in [0.717, 1.165) is 31.6 Å². The van der Waals surface area contributed by atoms with Gasteiger partial charge in [0.2, 0.25) is 15.9 Å². The Morgan fingerprint density at radius 1 is 1.00 bits per heavy atom. The summed E-state index contributed by atoms with van der Waals surface area (Å²) in [7, 11) is -3.19. The van der Waals surface area contributed by atoms with Crippen LogP contribution in [0.1, 0.15) is 12.8 Å². The van der Waals surface area contributed by atoms with Crippen molar-refractivity contribution in [3.63, 3.8) is 0 Å². The zero-order valence-corrected chi connectivity index (χ0v) is 17.5. The minimum absolute atomic E-state index is 0.0337. The average molecular weight is 424 g/mol. The van der Waals surface area contributed by atoms with Crippen molar-refractivity contribution < 1.29 is 18.0 Å². The lowest BCUT2D eigenvalue weighted by atomic mass is 10.1. The van der Waals surface area contributed by atoms with Crippen molar-refractivity contribution in [1.29, 1.82) is 0 Å². The number of piperazine rings is 1.